The van der Waals surface area contributed by atoms with E-state index in [1.54, 1.807) is 62.6 Å². The Kier molecular flexibility index (Phi) is 5.89. The first-order valence-electron chi connectivity index (χ1n) is 7.73. The molecule has 0 unspecified atom stereocenters. The number of nitrogens with one attached hydrogen (secondary N) is 1. The average Bonchev–Trinajstić information content (AvgIpc) is 2.60. The van der Waals surface area contributed by atoms with E-state index in [0.29, 0.717) is 17.0 Å². The Morgan fingerprint density at radius 3 is 2.20 bits per heavy atom. The van der Waals surface area contributed by atoms with Gasteiger partial charge >= 0.3 is 0 Å². The third-order valence-electron chi connectivity index (χ3n) is 3.54. The van der Waals surface area contributed by atoms with Crippen LogP contribution in [0.2, 0.25) is 0 Å². The molecule has 0 radical (unpaired) electrons. The molecule has 0 saturated carbocycles. The predicted molar refractivity (Wildman–Crippen MR) is 95.0 cm³/mol. The third kappa shape index (κ3) is 4.67. The number of carbonyl (C=O) groups is 3. The second kappa shape index (κ2) is 8.10. The number of nitrogens with zero attached hydrogens (tertiary/aromatic N) is 1. The highest BCUT2D eigenvalue weighted by molar-refractivity contribution is 6.10. The Morgan fingerprint density at radius 1 is 0.960 bits per heavy atom. The molecule has 2 amide bonds. The fraction of sp³-hybridized carbons (Fsp3) is 0.211. The number of carbonyl (C=O) groups excluding carboxylic acids is 3. The van der Waals surface area contributed by atoms with Crippen LogP contribution in [-0.4, -0.2) is 43.2 Å². The minimum absolute atomic E-state index is 0.142. The maximum absolute atomic E-state index is 12.6. The Hall–Kier alpha value is -3.15. The van der Waals surface area contributed by atoms with E-state index in [9.17, 15) is 14.4 Å². The second-order valence-corrected chi connectivity index (χ2v) is 5.63. The number of ketones is 1. The van der Waals surface area contributed by atoms with Crippen molar-refractivity contribution in [2.24, 2.45) is 0 Å². The van der Waals surface area contributed by atoms with E-state index >= 15 is 0 Å². The van der Waals surface area contributed by atoms with Crippen LogP contribution in [0.25, 0.3) is 0 Å². The standard InChI is InChI=1S/C19H20N2O4/c1-13(22)14-8-4-6-10-16(14)20-19(24)15-9-5-7-11-17(15)25-12-18(23)21(2)3/h4-11H,12H2,1-3H3,(H,20,24). The first-order valence-corrected chi connectivity index (χ1v) is 7.73. The lowest BCUT2D eigenvalue weighted by Crippen LogP contribution is -2.28. The highest BCUT2D eigenvalue weighted by Crippen LogP contribution is 2.22. The van der Waals surface area contributed by atoms with Crippen LogP contribution < -0.4 is 10.1 Å². The van der Waals surface area contributed by atoms with Gasteiger partial charge in [-0.1, -0.05) is 24.3 Å². The van der Waals surface area contributed by atoms with Gasteiger partial charge in [0.1, 0.15) is 5.75 Å². The first kappa shape index (κ1) is 18.2. The van der Waals surface area contributed by atoms with Crippen molar-refractivity contribution in [3.8, 4) is 5.75 Å². The maximum Gasteiger partial charge on any atom is 0.259 e. The lowest BCUT2D eigenvalue weighted by atomic mass is 10.1. The van der Waals surface area contributed by atoms with E-state index in [-0.39, 0.29) is 23.9 Å². The van der Waals surface area contributed by atoms with Crippen molar-refractivity contribution >= 4 is 23.3 Å². The normalized spacial score (nSPS) is 10.0. The monoisotopic (exact) mass is 340 g/mol. The highest BCUT2D eigenvalue weighted by atomic mass is 16.5. The molecule has 1 N–H and O–H groups in total. The highest BCUT2D eigenvalue weighted by Gasteiger charge is 2.16. The Balaban J connectivity index is 2.20. The summed E-state index contributed by atoms with van der Waals surface area (Å²) in [5, 5.41) is 2.72. The van der Waals surface area contributed by atoms with E-state index < -0.39 is 5.91 Å². The Bertz CT molecular complexity index is 800. The topological polar surface area (TPSA) is 75.7 Å². The molecule has 25 heavy (non-hydrogen) atoms. The molecular formula is C19H20N2O4. The summed E-state index contributed by atoms with van der Waals surface area (Å²) in [6.07, 6.45) is 0. The number of ether oxygens (including phenoxy) is 1. The molecule has 0 atom stereocenters. The van der Waals surface area contributed by atoms with Crippen LogP contribution in [0.5, 0.6) is 5.75 Å². The van der Waals surface area contributed by atoms with E-state index in [2.05, 4.69) is 5.32 Å². The molecule has 0 spiro atoms. The van der Waals surface area contributed by atoms with E-state index in [1.807, 2.05) is 0 Å². The molecule has 0 saturated heterocycles. The molecule has 130 valence electrons. The van der Waals surface area contributed by atoms with E-state index in [1.165, 1.54) is 11.8 Å². The van der Waals surface area contributed by atoms with Crippen molar-refractivity contribution in [1.82, 2.24) is 4.90 Å². The van der Waals surface area contributed by atoms with Gasteiger partial charge in [-0.15, -0.1) is 0 Å². The molecule has 0 aromatic heterocycles. The lowest BCUT2D eigenvalue weighted by Gasteiger charge is -2.14. The number of Topliss-reactive ketones (excluding diaryl/α,β-unsaturated/α-hetero) is 1. The van der Waals surface area contributed by atoms with Crippen molar-refractivity contribution in [1.29, 1.82) is 0 Å². The minimum Gasteiger partial charge on any atom is -0.483 e. The van der Waals surface area contributed by atoms with Crippen molar-refractivity contribution < 1.29 is 19.1 Å². The smallest absolute Gasteiger partial charge is 0.259 e. The van der Waals surface area contributed by atoms with Gasteiger partial charge < -0.3 is 15.0 Å². The van der Waals surface area contributed by atoms with Crippen LogP contribution in [0.4, 0.5) is 5.69 Å². The molecular weight excluding hydrogens is 320 g/mol. The van der Waals surface area contributed by atoms with Gasteiger partial charge in [0.25, 0.3) is 11.8 Å². The van der Waals surface area contributed by atoms with Crippen LogP contribution in [0, 0.1) is 0 Å². The van der Waals surface area contributed by atoms with Gasteiger partial charge in [-0.25, -0.2) is 0 Å². The van der Waals surface area contributed by atoms with Gasteiger partial charge in [0.2, 0.25) is 0 Å². The quantitative estimate of drug-likeness (QED) is 0.820. The summed E-state index contributed by atoms with van der Waals surface area (Å²) in [6.45, 7) is 1.27. The van der Waals surface area contributed by atoms with Crippen molar-refractivity contribution in [3.05, 3.63) is 59.7 Å². The fourth-order valence-corrected chi connectivity index (χ4v) is 2.14. The van der Waals surface area contributed by atoms with Gasteiger partial charge in [-0.05, 0) is 31.2 Å². The summed E-state index contributed by atoms with van der Waals surface area (Å²) in [4.78, 5) is 37.3. The Morgan fingerprint density at radius 2 is 1.56 bits per heavy atom. The van der Waals surface area contributed by atoms with E-state index in [4.69, 9.17) is 4.74 Å². The molecule has 0 fully saturated rings. The number of amides is 2. The maximum atomic E-state index is 12.6. The zero-order valence-electron chi connectivity index (χ0n) is 14.4. The van der Waals surface area contributed by atoms with Crippen molar-refractivity contribution in [2.75, 3.05) is 26.0 Å². The van der Waals surface area contributed by atoms with Crippen LogP contribution in [0.1, 0.15) is 27.6 Å². The number of hydrogen-bond acceptors (Lipinski definition) is 4. The molecule has 6 heteroatoms. The summed E-state index contributed by atoms with van der Waals surface area (Å²) in [6, 6.07) is 13.4. The number of hydrogen-bond donors (Lipinski definition) is 1. The number of rotatable bonds is 6. The summed E-state index contributed by atoms with van der Waals surface area (Å²) in [7, 11) is 3.26. The average molecular weight is 340 g/mol. The molecule has 2 aromatic rings. The van der Waals surface area contributed by atoms with Crippen LogP contribution >= 0.6 is 0 Å². The molecule has 6 nitrogen and oxygen atoms in total. The van der Waals surface area contributed by atoms with Gasteiger partial charge in [-0.3, -0.25) is 14.4 Å². The number of benzene rings is 2. The summed E-state index contributed by atoms with van der Waals surface area (Å²) in [5.74, 6) is -0.466. The molecule has 0 aliphatic rings. The van der Waals surface area contributed by atoms with Crippen LogP contribution in [0.3, 0.4) is 0 Å². The number of likely N-dealkylation sites (N-methyl/N-ethyl adjacent to an activating group) is 1. The molecule has 2 rings (SSSR count). The zero-order chi connectivity index (χ0) is 18.4. The molecule has 0 bridgehead atoms. The zero-order valence-corrected chi connectivity index (χ0v) is 14.4. The number of para-hydroxylation sites is 2. The molecule has 0 aliphatic carbocycles. The third-order valence-corrected chi connectivity index (χ3v) is 3.54. The lowest BCUT2D eigenvalue weighted by molar-refractivity contribution is -0.130. The largest absolute Gasteiger partial charge is 0.483 e. The summed E-state index contributed by atoms with van der Waals surface area (Å²) < 4.78 is 5.48. The molecule has 0 heterocycles. The SMILES string of the molecule is CC(=O)c1ccccc1NC(=O)c1ccccc1OCC(=O)N(C)C. The van der Waals surface area contributed by atoms with Crippen LogP contribution in [0.15, 0.2) is 48.5 Å². The fourth-order valence-electron chi connectivity index (χ4n) is 2.14. The molecule has 0 aliphatic heterocycles. The number of anilines is 1. The predicted octanol–water partition coefficient (Wildman–Crippen LogP) is 2.61. The summed E-state index contributed by atoms with van der Waals surface area (Å²) in [5.41, 5.74) is 1.14. The van der Waals surface area contributed by atoms with Crippen molar-refractivity contribution in [3.63, 3.8) is 0 Å². The Labute approximate surface area is 146 Å². The molecule has 2 aromatic carbocycles. The summed E-state index contributed by atoms with van der Waals surface area (Å²) >= 11 is 0. The van der Waals surface area contributed by atoms with E-state index in [0.717, 1.165) is 0 Å². The van der Waals surface area contributed by atoms with Gasteiger partial charge in [-0.2, -0.15) is 0 Å². The minimum atomic E-state index is -0.415. The van der Waals surface area contributed by atoms with Gasteiger partial charge in [0.15, 0.2) is 12.4 Å². The van der Waals surface area contributed by atoms with Crippen LogP contribution in [-0.2, 0) is 4.79 Å². The van der Waals surface area contributed by atoms with Gasteiger partial charge in [0, 0.05) is 19.7 Å². The second-order valence-electron chi connectivity index (χ2n) is 5.63. The van der Waals surface area contributed by atoms with Crippen molar-refractivity contribution in [2.45, 2.75) is 6.92 Å². The van der Waals surface area contributed by atoms with Gasteiger partial charge in [0.05, 0.1) is 11.3 Å². The first-order chi connectivity index (χ1) is 11.9.